The first-order valence-electron chi connectivity index (χ1n) is 4.73. The predicted octanol–water partition coefficient (Wildman–Crippen LogP) is 2.33. The maximum absolute atomic E-state index is 13.4. The zero-order valence-electron chi connectivity index (χ0n) is 8.55. The molecule has 1 amide bonds. The SMILES string of the molecule is O=C1Nc2cccc([C@@H](O)C(F)(F)F)c2C1(F)F. The molecule has 0 aliphatic carbocycles. The average molecular weight is 267 g/mol. The van der Waals surface area contributed by atoms with E-state index in [1.54, 1.807) is 5.32 Å². The van der Waals surface area contributed by atoms with Crippen LogP contribution in [0.5, 0.6) is 0 Å². The van der Waals surface area contributed by atoms with E-state index in [9.17, 15) is 26.7 Å². The molecular formula is C10H6F5NO2. The van der Waals surface area contributed by atoms with Crippen LogP contribution in [0.25, 0.3) is 0 Å². The highest BCUT2D eigenvalue weighted by molar-refractivity contribution is 6.04. The number of amides is 1. The molecule has 3 nitrogen and oxygen atoms in total. The normalized spacial score (nSPS) is 19.3. The molecule has 1 aromatic rings. The number of aliphatic hydroxyl groups excluding tert-OH is 1. The standard InChI is InChI=1S/C10H6F5NO2/c11-9(12)6-4(7(17)10(13,14)15)2-1-3-5(6)16-8(9)18/h1-3,7,17H,(H,16,18)/t7-/m1/s1. The number of rotatable bonds is 1. The van der Waals surface area contributed by atoms with E-state index in [1.165, 1.54) is 0 Å². The Labute approximate surface area is 97.2 Å². The van der Waals surface area contributed by atoms with Crippen molar-refractivity contribution in [1.29, 1.82) is 0 Å². The third-order valence-corrected chi connectivity index (χ3v) is 2.55. The van der Waals surface area contributed by atoms with E-state index < -0.39 is 40.9 Å². The van der Waals surface area contributed by atoms with Gasteiger partial charge in [0.05, 0.1) is 11.3 Å². The van der Waals surface area contributed by atoms with Crippen LogP contribution in [-0.4, -0.2) is 17.2 Å². The van der Waals surface area contributed by atoms with E-state index in [2.05, 4.69) is 0 Å². The van der Waals surface area contributed by atoms with Gasteiger partial charge in [0.1, 0.15) is 0 Å². The first-order valence-corrected chi connectivity index (χ1v) is 4.73. The molecular weight excluding hydrogens is 261 g/mol. The number of nitrogens with one attached hydrogen (secondary N) is 1. The summed E-state index contributed by atoms with van der Waals surface area (Å²) in [6.45, 7) is 0. The molecule has 1 aliphatic heterocycles. The topological polar surface area (TPSA) is 49.3 Å². The Kier molecular flexibility index (Phi) is 2.58. The number of hydrogen-bond donors (Lipinski definition) is 2. The van der Waals surface area contributed by atoms with Crippen molar-refractivity contribution in [3.05, 3.63) is 29.3 Å². The highest BCUT2D eigenvalue weighted by atomic mass is 19.4. The summed E-state index contributed by atoms with van der Waals surface area (Å²) in [6.07, 6.45) is -8.15. The number of halogens is 5. The predicted molar refractivity (Wildman–Crippen MR) is 50.0 cm³/mol. The monoisotopic (exact) mass is 267 g/mol. The minimum atomic E-state index is -5.09. The summed E-state index contributed by atoms with van der Waals surface area (Å²) < 4.78 is 64.0. The van der Waals surface area contributed by atoms with Crippen LogP contribution >= 0.6 is 0 Å². The van der Waals surface area contributed by atoms with Gasteiger partial charge in [0.2, 0.25) is 0 Å². The molecule has 2 rings (SSSR count). The van der Waals surface area contributed by atoms with E-state index in [0.717, 1.165) is 12.1 Å². The van der Waals surface area contributed by atoms with E-state index in [-0.39, 0.29) is 0 Å². The van der Waals surface area contributed by atoms with E-state index in [4.69, 9.17) is 5.11 Å². The van der Waals surface area contributed by atoms with E-state index in [0.29, 0.717) is 6.07 Å². The van der Waals surface area contributed by atoms with Gasteiger partial charge in [-0.15, -0.1) is 0 Å². The summed E-state index contributed by atoms with van der Waals surface area (Å²) >= 11 is 0. The fourth-order valence-electron chi connectivity index (χ4n) is 1.74. The molecule has 18 heavy (non-hydrogen) atoms. The number of carbonyl (C=O) groups is 1. The molecule has 1 aliphatic rings. The second kappa shape index (κ2) is 3.64. The third-order valence-electron chi connectivity index (χ3n) is 2.55. The molecule has 0 unspecified atom stereocenters. The molecule has 0 saturated carbocycles. The fraction of sp³-hybridized carbons (Fsp3) is 0.300. The second-order valence-electron chi connectivity index (χ2n) is 3.74. The van der Waals surface area contributed by atoms with Gasteiger partial charge < -0.3 is 10.4 Å². The van der Waals surface area contributed by atoms with Crippen molar-refractivity contribution in [2.75, 3.05) is 5.32 Å². The van der Waals surface area contributed by atoms with Crippen LogP contribution in [-0.2, 0) is 10.7 Å². The van der Waals surface area contributed by atoms with Crippen molar-refractivity contribution >= 4 is 11.6 Å². The summed E-state index contributed by atoms with van der Waals surface area (Å²) in [6, 6.07) is 2.80. The van der Waals surface area contributed by atoms with Crippen molar-refractivity contribution < 1.29 is 31.9 Å². The highest BCUT2D eigenvalue weighted by Crippen LogP contribution is 2.46. The Morgan fingerprint density at radius 1 is 1.28 bits per heavy atom. The number of alkyl halides is 5. The minimum absolute atomic E-state index is 0.425. The molecule has 1 heterocycles. The van der Waals surface area contributed by atoms with Crippen LogP contribution in [0.15, 0.2) is 18.2 Å². The number of anilines is 1. The van der Waals surface area contributed by atoms with Gasteiger partial charge in [-0.2, -0.15) is 22.0 Å². The molecule has 98 valence electrons. The van der Waals surface area contributed by atoms with Crippen LogP contribution in [0.1, 0.15) is 17.2 Å². The smallest absolute Gasteiger partial charge is 0.379 e. The zero-order chi connectivity index (χ0) is 13.7. The van der Waals surface area contributed by atoms with Crippen molar-refractivity contribution in [2.45, 2.75) is 18.2 Å². The maximum atomic E-state index is 13.4. The number of fused-ring (bicyclic) bond motifs is 1. The maximum Gasteiger partial charge on any atom is 0.418 e. The molecule has 8 heteroatoms. The number of carbonyl (C=O) groups excluding carboxylic acids is 1. The van der Waals surface area contributed by atoms with Gasteiger partial charge in [-0.05, 0) is 6.07 Å². The summed E-state index contributed by atoms with van der Waals surface area (Å²) in [5, 5.41) is 10.8. The Hall–Kier alpha value is -1.70. The van der Waals surface area contributed by atoms with E-state index >= 15 is 0 Å². The molecule has 0 radical (unpaired) electrons. The Balaban J connectivity index is 2.61. The van der Waals surface area contributed by atoms with Gasteiger partial charge in [-0.3, -0.25) is 4.79 Å². The third kappa shape index (κ3) is 1.72. The summed E-state index contributed by atoms with van der Waals surface area (Å²) in [5.41, 5.74) is -2.58. The van der Waals surface area contributed by atoms with Crippen molar-refractivity contribution in [2.24, 2.45) is 0 Å². The average Bonchev–Trinajstić information content (AvgIpc) is 2.48. The minimum Gasteiger partial charge on any atom is -0.379 e. The number of hydrogen-bond acceptors (Lipinski definition) is 2. The van der Waals surface area contributed by atoms with Gasteiger partial charge in [-0.25, -0.2) is 0 Å². The first-order chi connectivity index (χ1) is 8.15. The molecule has 0 saturated heterocycles. The van der Waals surface area contributed by atoms with Gasteiger partial charge in [-0.1, -0.05) is 12.1 Å². The largest absolute Gasteiger partial charge is 0.418 e. The Morgan fingerprint density at radius 3 is 2.44 bits per heavy atom. The summed E-state index contributed by atoms with van der Waals surface area (Å²) in [7, 11) is 0. The lowest BCUT2D eigenvalue weighted by atomic mass is 9.97. The van der Waals surface area contributed by atoms with Gasteiger partial charge in [0, 0.05) is 5.56 Å². The first kappa shape index (κ1) is 12.7. The Bertz CT molecular complexity index is 511. The van der Waals surface area contributed by atoms with Crippen molar-refractivity contribution in [3.63, 3.8) is 0 Å². The number of aliphatic hydroxyl groups is 1. The van der Waals surface area contributed by atoms with Crippen molar-refractivity contribution in [1.82, 2.24) is 0 Å². The van der Waals surface area contributed by atoms with Gasteiger partial charge >= 0.3 is 12.1 Å². The second-order valence-corrected chi connectivity index (χ2v) is 3.74. The quantitative estimate of drug-likeness (QED) is 0.767. The van der Waals surface area contributed by atoms with Crippen LogP contribution < -0.4 is 5.32 Å². The molecule has 1 aromatic carbocycles. The van der Waals surface area contributed by atoms with Gasteiger partial charge in [0.25, 0.3) is 5.91 Å². The lowest BCUT2D eigenvalue weighted by molar-refractivity contribution is -0.207. The summed E-state index contributed by atoms with van der Waals surface area (Å²) in [4.78, 5) is 11.0. The lowest BCUT2D eigenvalue weighted by Crippen LogP contribution is -2.27. The van der Waals surface area contributed by atoms with Crippen molar-refractivity contribution in [3.8, 4) is 0 Å². The fourth-order valence-corrected chi connectivity index (χ4v) is 1.74. The van der Waals surface area contributed by atoms with Crippen LogP contribution in [0, 0.1) is 0 Å². The number of benzene rings is 1. The molecule has 0 fully saturated rings. The molecule has 2 N–H and O–H groups in total. The molecule has 0 bridgehead atoms. The summed E-state index contributed by atoms with van der Waals surface area (Å²) in [5.74, 6) is -5.79. The molecule has 0 aromatic heterocycles. The Morgan fingerprint density at radius 2 is 1.89 bits per heavy atom. The van der Waals surface area contributed by atoms with Gasteiger partial charge in [0.15, 0.2) is 6.10 Å². The zero-order valence-corrected chi connectivity index (χ0v) is 8.55. The van der Waals surface area contributed by atoms with E-state index in [1.807, 2.05) is 0 Å². The molecule has 1 atom stereocenters. The molecule has 0 spiro atoms. The van der Waals surface area contributed by atoms with Crippen LogP contribution in [0.2, 0.25) is 0 Å². The van der Waals surface area contributed by atoms with Crippen LogP contribution in [0.4, 0.5) is 27.6 Å². The van der Waals surface area contributed by atoms with Crippen LogP contribution in [0.3, 0.4) is 0 Å². The highest BCUT2D eigenvalue weighted by Gasteiger charge is 2.53. The lowest BCUT2D eigenvalue weighted by Gasteiger charge is -2.19.